The van der Waals surface area contributed by atoms with Crippen LogP contribution in [0.1, 0.15) is 27.7 Å². The van der Waals surface area contributed by atoms with Gasteiger partial charge in [-0.2, -0.15) is 0 Å². The highest BCUT2D eigenvalue weighted by Gasteiger charge is 2.32. The highest BCUT2D eigenvalue weighted by molar-refractivity contribution is 5.78. The minimum Gasteiger partial charge on any atom is -0.339 e. The number of hydrogen-bond acceptors (Lipinski definition) is 3. The van der Waals surface area contributed by atoms with Gasteiger partial charge in [0.25, 0.3) is 0 Å². The van der Waals surface area contributed by atoms with Crippen LogP contribution >= 0.6 is 0 Å². The number of nitrogens with two attached hydrogens (primary N) is 1. The molecule has 1 fully saturated rings. The van der Waals surface area contributed by atoms with E-state index < -0.39 is 0 Å². The second-order valence-electron chi connectivity index (χ2n) is 5.26. The van der Waals surface area contributed by atoms with Crippen LogP contribution in [-0.4, -0.2) is 53.5 Å². The Morgan fingerprint density at radius 1 is 1.40 bits per heavy atom. The molecule has 1 rings (SSSR count). The molecular formula is C11H23N3O. The number of piperazine rings is 1. The monoisotopic (exact) mass is 213 g/mol. The molecule has 0 aromatic carbocycles. The van der Waals surface area contributed by atoms with Crippen molar-refractivity contribution in [1.29, 1.82) is 0 Å². The van der Waals surface area contributed by atoms with Gasteiger partial charge in [-0.25, -0.2) is 0 Å². The summed E-state index contributed by atoms with van der Waals surface area (Å²) in [5, 5.41) is 0. The summed E-state index contributed by atoms with van der Waals surface area (Å²) in [6.07, 6.45) is 0. The lowest BCUT2D eigenvalue weighted by molar-refractivity contribution is -0.133. The van der Waals surface area contributed by atoms with Crippen LogP contribution in [0, 0.1) is 0 Å². The summed E-state index contributed by atoms with van der Waals surface area (Å²) in [6.45, 7) is 11.5. The third kappa shape index (κ3) is 2.92. The van der Waals surface area contributed by atoms with Crippen LogP contribution < -0.4 is 5.73 Å². The van der Waals surface area contributed by atoms with Gasteiger partial charge in [0.1, 0.15) is 0 Å². The van der Waals surface area contributed by atoms with Gasteiger partial charge < -0.3 is 10.6 Å². The average Bonchev–Trinajstić information content (AvgIpc) is 2.14. The highest BCUT2D eigenvalue weighted by Crippen LogP contribution is 2.20. The van der Waals surface area contributed by atoms with Gasteiger partial charge in [0, 0.05) is 31.2 Å². The van der Waals surface area contributed by atoms with E-state index in [1.165, 1.54) is 0 Å². The first-order valence-electron chi connectivity index (χ1n) is 5.61. The molecule has 1 aliphatic heterocycles. The third-order valence-corrected chi connectivity index (χ3v) is 3.02. The fourth-order valence-corrected chi connectivity index (χ4v) is 2.31. The molecule has 1 atom stereocenters. The molecule has 1 saturated heterocycles. The number of amides is 1. The second kappa shape index (κ2) is 4.49. The molecule has 15 heavy (non-hydrogen) atoms. The van der Waals surface area contributed by atoms with Crippen molar-refractivity contribution in [3.63, 3.8) is 0 Å². The minimum atomic E-state index is 0.0652. The normalized spacial score (nSPS) is 24.3. The predicted octanol–water partition coefficient (Wildman–Crippen LogP) is 0.276. The van der Waals surface area contributed by atoms with Crippen LogP contribution in [0.15, 0.2) is 0 Å². The van der Waals surface area contributed by atoms with E-state index in [9.17, 15) is 4.79 Å². The molecule has 4 heteroatoms. The molecule has 1 aliphatic rings. The summed E-state index contributed by atoms with van der Waals surface area (Å²) in [4.78, 5) is 15.8. The van der Waals surface area contributed by atoms with Crippen molar-refractivity contribution in [2.75, 3.05) is 26.2 Å². The lowest BCUT2D eigenvalue weighted by Crippen LogP contribution is -2.59. The van der Waals surface area contributed by atoms with Crippen molar-refractivity contribution in [3.05, 3.63) is 0 Å². The Morgan fingerprint density at radius 2 is 2.00 bits per heavy atom. The lowest BCUT2D eigenvalue weighted by Gasteiger charge is -2.46. The maximum atomic E-state index is 11.5. The van der Waals surface area contributed by atoms with Crippen molar-refractivity contribution >= 4 is 5.91 Å². The van der Waals surface area contributed by atoms with Gasteiger partial charge in [-0.15, -0.1) is 0 Å². The standard InChI is InChI=1S/C11H23N3O/c1-9-8-13(10(15)7-12)5-6-14(9)11(2,3)4/h9H,5-8,12H2,1-4H3. The number of rotatable bonds is 1. The van der Waals surface area contributed by atoms with Crippen molar-refractivity contribution in [1.82, 2.24) is 9.80 Å². The maximum absolute atomic E-state index is 11.5. The van der Waals surface area contributed by atoms with Crippen LogP contribution in [0.3, 0.4) is 0 Å². The molecule has 0 aromatic rings. The van der Waals surface area contributed by atoms with Gasteiger partial charge >= 0.3 is 0 Å². The molecule has 0 radical (unpaired) electrons. The number of carbonyl (C=O) groups excluding carboxylic acids is 1. The Bertz CT molecular complexity index is 234. The van der Waals surface area contributed by atoms with Gasteiger partial charge in [0.2, 0.25) is 5.91 Å². The van der Waals surface area contributed by atoms with Crippen LogP contribution in [-0.2, 0) is 4.79 Å². The second-order valence-corrected chi connectivity index (χ2v) is 5.26. The number of nitrogens with zero attached hydrogens (tertiary/aromatic N) is 2. The van der Waals surface area contributed by atoms with Crippen LogP contribution in [0.2, 0.25) is 0 Å². The smallest absolute Gasteiger partial charge is 0.236 e. The van der Waals surface area contributed by atoms with Crippen molar-refractivity contribution in [2.45, 2.75) is 39.3 Å². The first-order chi connectivity index (χ1) is 6.86. The van der Waals surface area contributed by atoms with E-state index in [4.69, 9.17) is 5.73 Å². The maximum Gasteiger partial charge on any atom is 0.236 e. The molecule has 0 aliphatic carbocycles. The molecule has 1 heterocycles. The van der Waals surface area contributed by atoms with Gasteiger partial charge in [-0.05, 0) is 27.7 Å². The SMILES string of the molecule is CC1CN(C(=O)CN)CCN1C(C)(C)C. The fourth-order valence-electron chi connectivity index (χ4n) is 2.31. The Balaban J connectivity index is 2.59. The summed E-state index contributed by atoms with van der Waals surface area (Å²) < 4.78 is 0. The summed E-state index contributed by atoms with van der Waals surface area (Å²) in [5.41, 5.74) is 5.54. The van der Waals surface area contributed by atoms with E-state index in [0.717, 1.165) is 19.6 Å². The molecule has 1 amide bonds. The van der Waals surface area contributed by atoms with E-state index in [1.54, 1.807) is 0 Å². The quantitative estimate of drug-likeness (QED) is 0.680. The van der Waals surface area contributed by atoms with Crippen LogP contribution in [0.4, 0.5) is 0 Å². The number of hydrogen-bond donors (Lipinski definition) is 1. The van der Waals surface area contributed by atoms with Crippen LogP contribution in [0.5, 0.6) is 0 Å². The topological polar surface area (TPSA) is 49.6 Å². The molecule has 0 bridgehead atoms. The Hall–Kier alpha value is -0.610. The van der Waals surface area contributed by atoms with E-state index in [2.05, 4.69) is 32.6 Å². The molecule has 0 spiro atoms. The van der Waals surface area contributed by atoms with Gasteiger partial charge in [-0.3, -0.25) is 9.69 Å². The highest BCUT2D eigenvalue weighted by atomic mass is 16.2. The molecule has 1 unspecified atom stereocenters. The van der Waals surface area contributed by atoms with Gasteiger partial charge in [0.05, 0.1) is 6.54 Å². The fraction of sp³-hybridized carbons (Fsp3) is 0.909. The zero-order valence-corrected chi connectivity index (χ0v) is 10.3. The summed E-state index contributed by atoms with van der Waals surface area (Å²) in [7, 11) is 0. The van der Waals surface area contributed by atoms with E-state index in [0.29, 0.717) is 6.04 Å². The number of carbonyl (C=O) groups is 1. The Kier molecular flexibility index (Phi) is 3.73. The zero-order valence-electron chi connectivity index (χ0n) is 10.3. The predicted molar refractivity (Wildman–Crippen MR) is 61.6 cm³/mol. The average molecular weight is 213 g/mol. The van der Waals surface area contributed by atoms with Crippen molar-refractivity contribution in [3.8, 4) is 0 Å². The Morgan fingerprint density at radius 3 is 2.40 bits per heavy atom. The molecule has 2 N–H and O–H groups in total. The largest absolute Gasteiger partial charge is 0.339 e. The zero-order chi connectivity index (χ0) is 11.6. The van der Waals surface area contributed by atoms with Crippen molar-refractivity contribution < 1.29 is 4.79 Å². The van der Waals surface area contributed by atoms with E-state index >= 15 is 0 Å². The first kappa shape index (κ1) is 12.5. The molecule has 88 valence electrons. The first-order valence-corrected chi connectivity index (χ1v) is 5.61. The van der Waals surface area contributed by atoms with Gasteiger partial charge in [0.15, 0.2) is 0 Å². The van der Waals surface area contributed by atoms with E-state index in [-0.39, 0.29) is 18.0 Å². The Labute approximate surface area is 92.4 Å². The van der Waals surface area contributed by atoms with Crippen LogP contribution in [0.25, 0.3) is 0 Å². The minimum absolute atomic E-state index is 0.0652. The summed E-state index contributed by atoms with van der Waals surface area (Å²) in [5.74, 6) is 0.0652. The molecular weight excluding hydrogens is 190 g/mol. The summed E-state index contributed by atoms with van der Waals surface area (Å²) >= 11 is 0. The summed E-state index contributed by atoms with van der Waals surface area (Å²) in [6, 6.07) is 0.411. The van der Waals surface area contributed by atoms with E-state index in [1.807, 2.05) is 4.90 Å². The van der Waals surface area contributed by atoms with Crippen molar-refractivity contribution in [2.24, 2.45) is 5.73 Å². The molecule has 4 nitrogen and oxygen atoms in total. The molecule has 0 saturated carbocycles. The van der Waals surface area contributed by atoms with Gasteiger partial charge in [-0.1, -0.05) is 0 Å². The molecule has 0 aromatic heterocycles. The lowest BCUT2D eigenvalue weighted by atomic mass is 10.0. The third-order valence-electron chi connectivity index (χ3n) is 3.02.